The van der Waals surface area contributed by atoms with Gasteiger partial charge >= 0.3 is 0 Å². The molecule has 3 nitrogen and oxygen atoms in total. The van der Waals surface area contributed by atoms with Gasteiger partial charge in [0.05, 0.1) is 11.7 Å². The van der Waals surface area contributed by atoms with Crippen LogP contribution in [0.5, 0.6) is 0 Å². The molecule has 0 saturated heterocycles. The second-order valence-electron chi connectivity index (χ2n) is 2.82. The van der Waals surface area contributed by atoms with Crippen LogP contribution in [0.3, 0.4) is 0 Å². The number of carbonyl (C=O) groups excluding carboxylic acids is 1. The lowest BCUT2D eigenvalue weighted by Crippen LogP contribution is -1.93. The molecule has 0 radical (unpaired) electrons. The van der Waals surface area contributed by atoms with Crippen molar-refractivity contribution in [3.63, 3.8) is 0 Å². The Hall–Kier alpha value is -1.35. The van der Waals surface area contributed by atoms with Crippen LogP contribution < -0.4 is 0 Å². The molecule has 0 N–H and O–H groups in total. The summed E-state index contributed by atoms with van der Waals surface area (Å²) in [5.41, 5.74) is 1.39. The largest absolute Gasteiger partial charge is 0.298 e. The molecule has 0 aliphatic carbocycles. The highest BCUT2D eigenvalue weighted by molar-refractivity contribution is 6.31. The maximum Gasteiger partial charge on any atom is 0.152 e. The first-order chi connectivity index (χ1) is 6.22. The molecule has 66 valence electrons. The van der Waals surface area contributed by atoms with Crippen molar-refractivity contribution in [2.24, 2.45) is 7.05 Å². The van der Waals surface area contributed by atoms with Crippen molar-refractivity contribution < 1.29 is 4.79 Å². The number of fused-ring (bicyclic) bond motifs is 1. The van der Waals surface area contributed by atoms with Gasteiger partial charge in [-0.3, -0.25) is 9.48 Å². The van der Waals surface area contributed by atoms with E-state index < -0.39 is 0 Å². The van der Waals surface area contributed by atoms with Gasteiger partial charge in [-0.05, 0) is 12.1 Å². The molecule has 0 amide bonds. The number of benzene rings is 1. The predicted octanol–water partition coefficient (Wildman–Crippen LogP) is 2.04. The Morgan fingerprint density at radius 1 is 1.54 bits per heavy atom. The molecule has 0 fully saturated rings. The van der Waals surface area contributed by atoms with Crippen molar-refractivity contribution in [1.29, 1.82) is 0 Å². The van der Waals surface area contributed by atoms with E-state index in [1.54, 1.807) is 30.1 Å². The van der Waals surface area contributed by atoms with Crippen LogP contribution in [0.4, 0.5) is 0 Å². The number of hydrogen-bond donors (Lipinski definition) is 0. The fraction of sp³-hybridized carbons (Fsp3) is 0.111. The predicted molar refractivity (Wildman–Crippen MR) is 51.1 cm³/mol. The first-order valence-corrected chi connectivity index (χ1v) is 4.16. The molecule has 0 bridgehead atoms. The minimum Gasteiger partial charge on any atom is -0.298 e. The summed E-state index contributed by atoms with van der Waals surface area (Å²) in [6, 6.07) is 3.43. The third-order valence-electron chi connectivity index (χ3n) is 1.95. The number of hydrogen-bond acceptors (Lipinski definition) is 2. The van der Waals surface area contributed by atoms with E-state index >= 15 is 0 Å². The molecule has 0 saturated carbocycles. The molecule has 1 aromatic heterocycles. The van der Waals surface area contributed by atoms with Gasteiger partial charge in [0.2, 0.25) is 0 Å². The Balaban J connectivity index is 2.92. The van der Waals surface area contributed by atoms with Gasteiger partial charge in [-0.25, -0.2) is 0 Å². The van der Waals surface area contributed by atoms with E-state index in [-0.39, 0.29) is 0 Å². The van der Waals surface area contributed by atoms with E-state index in [4.69, 9.17) is 11.6 Å². The molecule has 0 atom stereocenters. The number of aldehydes is 1. The van der Waals surface area contributed by atoms with Gasteiger partial charge < -0.3 is 0 Å². The van der Waals surface area contributed by atoms with E-state index in [2.05, 4.69) is 5.10 Å². The van der Waals surface area contributed by atoms with Crippen LogP contribution in [0.2, 0.25) is 5.02 Å². The second-order valence-corrected chi connectivity index (χ2v) is 3.26. The second kappa shape index (κ2) is 2.85. The maximum absolute atomic E-state index is 10.7. The lowest BCUT2D eigenvalue weighted by molar-refractivity contribution is 0.112. The fourth-order valence-corrected chi connectivity index (χ4v) is 1.65. The Bertz CT molecular complexity index is 476. The molecule has 0 aliphatic rings. The van der Waals surface area contributed by atoms with Gasteiger partial charge in [-0.1, -0.05) is 11.6 Å². The van der Waals surface area contributed by atoms with Crippen LogP contribution >= 0.6 is 11.6 Å². The molecule has 1 aromatic carbocycles. The highest BCUT2D eigenvalue weighted by atomic mass is 35.5. The summed E-state index contributed by atoms with van der Waals surface area (Å²) in [7, 11) is 1.79. The average Bonchev–Trinajstić information content (AvgIpc) is 2.46. The topological polar surface area (TPSA) is 34.9 Å². The van der Waals surface area contributed by atoms with Crippen molar-refractivity contribution in [2.45, 2.75) is 0 Å². The number of rotatable bonds is 1. The average molecular weight is 195 g/mol. The standard InChI is InChI=1S/C9H7ClN2O/c1-12-9-6(4-11-12)2-8(10)3-7(9)5-13/h2-5H,1H3. The molecule has 2 aromatic rings. The van der Waals surface area contributed by atoms with Crippen LogP contribution in [-0.4, -0.2) is 16.1 Å². The maximum atomic E-state index is 10.7. The molecular weight excluding hydrogens is 188 g/mol. The molecule has 1 heterocycles. The summed E-state index contributed by atoms with van der Waals surface area (Å²) < 4.78 is 1.66. The SMILES string of the molecule is Cn1ncc2cc(Cl)cc(C=O)c21. The zero-order chi connectivity index (χ0) is 9.42. The van der Waals surface area contributed by atoms with E-state index in [0.29, 0.717) is 10.6 Å². The Labute approximate surface area is 79.9 Å². The molecular formula is C9H7ClN2O. The highest BCUT2D eigenvalue weighted by Crippen LogP contribution is 2.21. The molecule has 4 heteroatoms. The minimum atomic E-state index is 0.558. The fourth-order valence-electron chi connectivity index (χ4n) is 1.41. The lowest BCUT2D eigenvalue weighted by atomic mass is 10.1. The molecule has 0 aliphatic heterocycles. The van der Waals surface area contributed by atoms with Crippen molar-refractivity contribution in [3.8, 4) is 0 Å². The van der Waals surface area contributed by atoms with Gasteiger partial charge in [-0.15, -0.1) is 0 Å². The van der Waals surface area contributed by atoms with Crippen molar-refractivity contribution >= 4 is 28.8 Å². The van der Waals surface area contributed by atoms with Gasteiger partial charge in [0.1, 0.15) is 0 Å². The highest BCUT2D eigenvalue weighted by Gasteiger charge is 2.06. The Kier molecular flexibility index (Phi) is 1.81. The third kappa shape index (κ3) is 1.21. The quantitative estimate of drug-likeness (QED) is 0.652. The van der Waals surface area contributed by atoms with Crippen LogP contribution in [-0.2, 0) is 7.05 Å². The van der Waals surface area contributed by atoms with Gasteiger partial charge in [0.25, 0.3) is 0 Å². The normalized spacial score (nSPS) is 10.6. The van der Waals surface area contributed by atoms with Crippen LogP contribution in [0.15, 0.2) is 18.3 Å². The van der Waals surface area contributed by atoms with E-state index in [1.165, 1.54) is 0 Å². The summed E-state index contributed by atoms with van der Waals surface area (Å²) in [5, 5.41) is 5.49. The summed E-state index contributed by atoms with van der Waals surface area (Å²) in [6.07, 6.45) is 2.48. The van der Waals surface area contributed by atoms with Crippen LogP contribution in [0, 0.1) is 0 Å². The summed E-state index contributed by atoms with van der Waals surface area (Å²) in [5.74, 6) is 0. The number of aromatic nitrogens is 2. The lowest BCUT2D eigenvalue weighted by Gasteiger charge is -1.98. The van der Waals surface area contributed by atoms with Crippen LogP contribution in [0.1, 0.15) is 10.4 Å². The van der Waals surface area contributed by atoms with Gasteiger partial charge in [0, 0.05) is 23.0 Å². The minimum absolute atomic E-state index is 0.558. The first-order valence-electron chi connectivity index (χ1n) is 3.79. The molecule has 0 spiro atoms. The van der Waals surface area contributed by atoms with E-state index in [0.717, 1.165) is 17.2 Å². The molecule has 0 unspecified atom stereocenters. The number of carbonyl (C=O) groups is 1. The van der Waals surface area contributed by atoms with E-state index in [1.807, 2.05) is 0 Å². The third-order valence-corrected chi connectivity index (χ3v) is 2.17. The van der Waals surface area contributed by atoms with Crippen molar-refractivity contribution in [1.82, 2.24) is 9.78 Å². The Morgan fingerprint density at radius 3 is 3.00 bits per heavy atom. The number of nitrogens with zero attached hydrogens (tertiary/aromatic N) is 2. The summed E-state index contributed by atoms with van der Waals surface area (Å²) in [6.45, 7) is 0. The smallest absolute Gasteiger partial charge is 0.152 e. The van der Waals surface area contributed by atoms with E-state index in [9.17, 15) is 4.79 Å². The van der Waals surface area contributed by atoms with Gasteiger partial charge in [0.15, 0.2) is 6.29 Å². The molecule has 2 rings (SSSR count). The monoisotopic (exact) mass is 194 g/mol. The number of aryl methyl sites for hydroxylation is 1. The summed E-state index contributed by atoms with van der Waals surface area (Å²) >= 11 is 5.82. The Morgan fingerprint density at radius 2 is 2.31 bits per heavy atom. The van der Waals surface area contributed by atoms with Crippen molar-refractivity contribution in [3.05, 3.63) is 28.9 Å². The first kappa shape index (κ1) is 8.26. The molecule has 13 heavy (non-hydrogen) atoms. The zero-order valence-electron chi connectivity index (χ0n) is 6.99. The summed E-state index contributed by atoms with van der Waals surface area (Å²) in [4.78, 5) is 10.7. The van der Waals surface area contributed by atoms with Crippen molar-refractivity contribution in [2.75, 3.05) is 0 Å². The van der Waals surface area contributed by atoms with Crippen LogP contribution in [0.25, 0.3) is 10.9 Å². The number of halogens is 1. The van der Waals surface area contributed by atoms with Gasteiger partial charge in [-0.2, -0.15) is 5.10 Å². The zero-order valence-corrected chi connectivity index (χ0v) is 7.75.